The molecule has 7 nitrogen and oxygen atoms in total. The molecular weight excluding hydrogens is 300 g/mol. The Morgan fingerprint density at radius 3 is 2.87 bits per heavy atom. The van der Waals surface area contributed by atoms with Crippen LogP contribution in [-0.2, 0) is 9.59 Å². The maximum atomic E-state index is 12.8. The maximum Gasteiger partial charge on any atom is 0.326 e. The lowest BCUT2D eigenvalue weighted by molar-refractivity contribution is -0.143. The first-order valence-corrected chi connectivity index (χ1v) is 7.63. The molecule has 0 bridgehead atoms. The highest BCUT2D eigenvalue weighted by Crippen LogP contribution is 2.35. The number of likely N-dealkylation sites (tertiary alicyclic amines) is 1. The number of carbonyl (C=O) groups is 3. The third-order valence-electron chi connectivity index (χ3n) is 4.22. The summed E-state index contributed by atoms with van der Waals surface area (Å²) in [5.41, 5.74) is 0.713. The van der Waals surface area contributed by atoms with E-state index in [1.807, 2.05) is 0 Å². The van der Waals surface area contributed by atoms with E-state index < -0.39 is 18.1 Å². The average molecular weight is 318 g/mol. The monoisotopic (exact) mass is 318 g/mol. The van der Waals surface area contributed by atoms with Crippen LogP contribution in [0.15, 0.2) is 18.2 Å². The second-order valence-electron chi connectivity index (χ2n) is 5.78. The number of para-hydroxylation sites is 1. The molecule has 2 aliphatic heterocycles. The van der Waals surface area contributed by atoms with Gasteiger partial charge in [0, 0.05) is 6.54 Å². The summed E-state index contributed by atoms with van der Waals surface area (Å²) in [6.07, 6.45) is 1.31. The number of aliphatic carboxylic acids is 1. The molecule has 2 heterocycles. The number of anilines is 1. The van der Waals surface area contributed by atoms with E-state index >= 15 is 0 Å². The van der Waals surface area contributed by atoms with Crippen LogP contribution in [0.5, 0.6) is 5.75 Å². The zero-order chi connectivity index (χ0) is 16.6. The van der Waals surface area contributed by atoms with Gasteiger partial charge in [-0.05, 0) is 38.3 Å². The van der Waals surface area contributed by atoms with Gasteiger partial charge in [-0.25, -0.2) is 4.79 Å². The molecule has 122 valence electrons. The number of nitrogens with one attached hydrogen (secondary N) is 1. The fourth-order valence-corrected chi connectivity index (χ4v) is 2.98. The summed E-state index contributed by atoms with van der Waals surface area (Å²) >= 11 is 0. The Kier molecular flexibility index (Phi) is 3.94. The normalized spacial score (nSPS) is 23.5. The van der Waals surface area contributed by atoms with Gasteiger partial charge in [-0.2, -0.15) is 0 Å². The van der Waals surface area contributed by atoms with E-state index in [2.05, 4.69) is 5.32 Å². The number of carboxylic acid groups (broad SMARTS) is 1. The number of benzene rings is 1. The Hall–Kier alpha value is -2.57. The van der Waals surface area contributed by atoms with Crippen molar-refractivity contribution >= 4 is 23.5 Å². The Morgan fingerprint density at radius 2 is 2.13 bits per heavy atom. The van der Waals surface area contributed by atoms with Gasteiger partial charge >= 0.3 is 5.97 Å². The number of nitrogens with zero attached hydrogens (tertiary/aromatic N) is 1. The molecule has 2 aliphatic rings. The smallest absolute Gasteiger partial charge is 0.326 e. The van der Waals surface area contributed by atoms with Gasteiger partial charge in [0.1, 0.15) is 6.04 Å². The average Bonchev–Trinajstić information content (AvgIpc) is 2.54. The topological polar surface area (TPSA) is 95.9 Å². The van der Waals surface area contributed by atoms with Crippen molar-refractivity contribution in [1.82, 2.24) is 4.90 Å². The third kappa shape index (κ3) is 2.74. The molecule has 0 spiro atoms. The quantitative estimate of drug-likeness (QED) is 0.861. The fraction of sp³-hybridized carbons (Fsp3) is 0.438. The van der Waals surface area contributed by atoms with Gasteiger partial charge in [-0.1, -0.05) is 6.07 Å². The first-order valence-electron chi connectivity index (χ1n) is 7.63. The van der Waals surface area contributed by atoms with Gasteiger partial charge in [0.05, 0.1) is 11.3 Å². The second-order valence-corrected chi connectivity index (χ2v) is 5.78. The molecule has 0 saturated carbocycles. The predicted octanol–water partition coefficient (Wildman–Crippen LogP) is 1.49. The van der Waals surface area contributed by atoms with E-state index in [4.69, 9.17) is 4.74 Å². The maximum absolute atomic E-state index is 12.8. The molecule has 0 aromatic heterocycles. The van der Waals surface area contributed by atoms with Crippen molar-refractivity contribution in [2.75, 3.05) is 11.9 Å². The fourth-order valence-electron chi connectivity index (χ4n) is 2.98. The van der Waals surface area contributed by atoms with Gasteiger partial charge in [0.2, 0.25) is 0 Å². The summed E-state index contributed by atoms with van der Waals surface area (Å²) in [4.78, 5) is 37.3. The highest BCUT2D eigenvalue weighted by atomic mass is 16.5. The minimum atomic E-state index is -0.995. The number of carbonyl (C=O) groups excluding carboxylic acids is 2. The van der Waals surface area contributed by atoms with Gasteiger partial charge in [-0.3, -0.25) is 9.59 Å². The van der Waals surface area contributed by atoms with E-state index in [1.165, 1.54) is 4.90 Å². The number of piperidine rings is 1. The highest BCUT2D eigenvalue weighted by Gasteiger charge is 2.35. The van der Waals surface area contributed by atoms with Crippen LogP contribution in [0.1, 0.15) is 36.5 Å². The zero-order valence-corrected chi connectivity index (χ0v) is 12.7. The van der Waals surface area contributed by atoms with E-state index in [0.29, 0.717) is 24.4 Å². The lowest BCUT2D eigenvalue weighted by Gasteiger charge is -2.34. The molecule has 1 aromatic rings. The minimum absolute atomic E-state index is 0.275. The van der Waals surface area contributed by atoms with E-state index in [1.54, 1.807) is 25.1 Å². The molecule has 0 aliphatic carbocycles. The number of hydrogen-bond acceptors (Lipinski definition) is 4. The molecule has 1 saturated heterocycles. The Bertz CT molecular complexity index is 672. The van der Waals surface area contributed by atoms with Crippen LogP contribution in [0.3, 0.4) is 0 Å². The number of hydrogen-bond donors (Lipinski definition) is 2. The van der Waals surface area contributed by atoms with E-state index in [9.17, 15) is 19.5 Å². The summed E-state index contributed by atoms with van der Waals surface area (Å²) < 4.78 is 5.58. The van der Waals surface area contributed by atoms with Crippen LogP contribution in [0.4, 0.5) is 5.69 Å². The van der Waals surface area contributed by atoms with Crippen LogP contribution in [0, 0.1) is 0 Å². The molecule has 3 rings (SSSR count). The molecule has 2 unspecified atom stereocenters. The highest BCUT2D eigenvalue weighted by molar-refractivity contribution is 6.04. The largest absolute Gasteiger partial charge is 0.480 e. The molecule has 0 radical (unpaired) electrons. The lowest BCUT2D eigenvalue weighted by Crippen LogP contribution is -2.48. The molecular formula is C16H18N2O5. The van der Waals surface area contributed by atoms with Crippen LogP contribution in [-0.4, -0.2) is 46.5 Å². The Balaban J connectivity index is 1.95. The Morgan fingerprint density at radius 1 is 1.35 bits per heavy atom. The number of ether oxygens (including phenoxy) is 1. The summed E-state index contributed by atoms with van der Waals surface area (Å²) in [6.45, 7) is 2.00. The van der Waals surface area contributed by atoms with Crippen molar-refractivity contribution in [2.45, 2.75) is 38.3 Å². The summed E-state index contributed by atoms with van der Waals surface area (Å²) in [7, 11) is 0. The van der Waals surface area contributed by atoms with E-state index in [0.717, 1.165) is 12.8 Å². The van der Waals surface area contributed by atoms with Crippen molar-refractivity contribution in [2.24, 2.45) is 0 Å². The summed E-state index contributed by atoms with van der Waals surface area (Å²) in [6, 6.07) is 4.08. The first kappa shape index (κ1) is 15.3. The van der Waals surface area contributed by atoms with Gasteiger partial charge in [0.15, 0.2) is 11.9 Å². The van der Waals surface area contributed by atoms with Crippen molar-refractivity contribution in [3.8, 4) is 5.75 Å². The number of amides is 2. The predicted molar refractivity (Wildman–Crippen MR) is 81.5 cm³/mol. The SMILES string of the molecule is CC1Oc2c(cccc2C(=O)N2CCCCC2C(=O)O)NC1=O. The number of carboxylic acids is 1. The minimum Gasteiger partial charge on any atom is -0.480 e. The first-order chi connectivity index (χ1) is 11.0. The molecule has 2 N–H and O–H groups in total. The van der Waals surface area contributed by atoms with Crippen molar-refractivity contribution in [3.63, 3.8) is 0 Å². The molecule has 1 fully saturated rings. The van der Waals surface area contributed by atoms with Gasteiger partial charge in [-0.15, -0.1) is 0 Å². The second kappa shape index (κ2) is 5.91. The van der Waals surface area contributed by atoms with Crippen molar-refractivity contribution in [3.05, 3.63) is 23.8 Å². The molecule has 7 heteroatoms. The molecule has 2 atom stereocenters. The number of rotatable bonds is 2. The van der Waals surface area contributed by atoms with Crippen LogP contribution >= 0.6 is 0 Å². The summed E-state index contributed by atoms with van der Waals surface area (Å²) in [5, 5.41) is 12.0. The van der Waals surface area contributed by atoms with Gasteiger partial charge < -0.3 is 20.1 Å². The Labute approximate surface area is 133 Å². The lowest BCUT2D eigenvalue weighted by atomic mass is 10.00. The molecule has 1 aromatic carbocycles. The number of fused-ring (bicyclic) bond motifs is 1. The molecule has 2 amide bonds. The van der Waals surface area contributed by atoms with Crippen LogP contribution < -0.4 is 10.1 Å². The van der Waals surface area contributed by atoms with E-state index in [-0.39, 0.29) is 17.4 Å². The third-order valence-corrected chi connectivity index (χ3v) is 4.22. The van der Waals surface area contributed by atoms with Gasteiger partial charge in [0.25, 0.3) is 11.8 Å². The van der Waals surface area contributed by atoms with Crippen molar-refractivity contribution < 1.29 is 24.2 Å². The summed E-state index contributed by atoms with van der Waals surface area (Å²) in [5.74, 6) is -1.34. The zero-order valence-electron chi connectivity index (χ0n) is 12.7. The molecule has 23 heavy (non-hydrogen) atoms. The van der Waals surface area contributed by atoms with Crippen LogP contribution in [0.25, 0.3) is 0 Å². The standard InChI is InChI=1S/C16H18N2O5/c1-9-14(19)17-11-6-4-5-10(13(11)23-9)15(20)18-8-3-2-7-12(18)16(21)22/h4-6,9,12H,2-3,7-8H2,1H3,(H,17,19)(H,21,22). The van der Waals surface area contributed by atoms with Crippen molar-refractivity contribution in [1.29, 1.82) is 0 Å². The van der Waals surface area contributed by atoms with Crippen LogP contribution in [0.2, 0.25) is 0 Å².